The second-order valence-corrected chi connectivity index (χ2v) is 6.61. The van der Waals surface area contributed by atoms with Crippen LogP contribution in [0.1, 0.15) is 53.4 Å². The fourth-order valence-corrected chi connectivity index (χ4v) is 2.31. The quantitative estimate of drug-likeness (QED) is 0.754. The molecular weight excluding hydrogens is 200 g/mol. The van der Waals surface area contributed by atoms with Gasteiger partial charge in [0.15, 0.2) is 0 Å². The number of hydrogen-bond acceptors (Lipinski definition) is 2. The van der Waals surface area contributed by atoms with E-state index in [9.17, 15) is 4.79 Å². The largest absolute Gasteiger partial charge is 0.349 e. The Morgan fingerprint density at radius 2 is 2.00 bits per heavy atom. The fraction of sp³-hybridized carbons (Fsp3) is 0.923. The predicted molar refractivity (Wildman–Crippen MR) is 67.0 cm³/mol. The van der Waals surface area contributed by atoms with Gasteiger partial charge in [-0.15, -0.1) is 0 Å². The van der Waals surface area contributed by atoms with Crippen LogP contribution in [-0.4, -0.2) is 18.0 Å². The fourth-order valence-electron chi connectivity index (χ4n) is 2.31. The average molecular weight is 226 g/mol. The number of amides is 1. The summed E-state index contributed by atoms with van der Waals surface area (Å²) in [5.41, 5.74) is 5.89. The SMILES string of the molecule is CC(CC(=O)NC1(CN)CC1)CC(C)(C)C. The van der Waals surface area contributed by atoms with Gasteiger partial charge in [0, 0.05) is 13.0 Å². The molecule has 0 radical (unpaired) electrons. The van der Waals surface area contributed by atoms with E-state index in [0.717, 1.165) is 19.3 Å². The zero-order chi connectivity index (χ0) is 12.4. The number of carbonyl (C=O) groups is 1. The molecule has 3 N–H and O–H groups in total. The van der Waals surface area contributed by atoms with E-state index in [0.29, 0.717) is 24.3 Å². The summed E-state index contributed by atoms with van der Waals surface area (Å²) >= 11 is 0. The molecular formula is C13H26N2O. The molecule has 1 saturated carbocycles. The summed E-state index contributed by atoms with van der Waals surface area (Å²) in [5.74, 6) is 0.605. The third-order valence-corrected chi connectivity index (χ3v) is 3.14. The molecule has 3 heteroatoms. The summed E-state index contributed by atoms with van der Waals surface area (Å²) in [6.07, 6.45) is 3.79. The monoisotopic (exact) mass is 226 g/mol. The first-order valence-corrected chi connectivity index (χ1v) is 6.27. The Hall–Kier alpha value is -0.570. The van der Waals surface area contributed by atoms with Crippen LogP contribution >= 0.6 is 0 Å². The Labute approximate surface area is 99.2 Å². The molecule has 3 nitrogen and oxygen atoms in total. The Kier molecular flexibility index (Phi) is 4.00. The highest BCUT2D eigenvalue weighted by molar-refractivity contribution is 5.77. The van der Waals surface area contributed by atoms with Crippen molar-refractivity contribution in [1.29, 1.82) is 0 Å². The lowest BCUT2D eigenvalue weighted by molar-refractivity contribution is -0.123. The molecule has 0 bridgehead atoms. The highest BCUT2D eigenvalue weighted by Crippen LogP contribution is 2.34. The summed E-state index contributed by atoms with van der Waals surface area (Å²) in [4.78, 5) is 11.8. The second-order valence-electron chi connectivity index (χ2n) is 6.61. The molecule has 16 heavy (non-hydrogen) atoms. The van der Waals surface area contributed by atoms with Crippen molar-refractivity contribution in [2.24, 2.45) is 17.1 Å². The number of hydrogen-bond donors (Lipinski definition) is 2. The van der Waals surface area contributed by atoms with Gasteiger partial charge in [-0.25, -0.2) is 0 Å². The molecule has 0 heterocycles. The lowest BCUT2D eigenvalue weighted by atomic mass is 9.84. The van der Waals surface area contributed by atoms with Gasteiger partial charge in [0.1, 0.15) is 0 Å². The summed E-state index contributed by atoms with van der Waals surface area (Å²) < 4.78 is 0. The van der Waals surface area contributed by atoms with Gasteiger partial charge < -0.3 is 11.1 Å². The van der Waals surface area contributed by atoms with E-state index in [-0.39, 0.29) is 11.4 Å². The van der Waals surface area contributed by atoms with E-state index in [1.807, 2.05) is 0 Å². The first-order valence-electron chi connectivity index (χ1n) is 6.27. The number of carbonyl (C=O) groups excluding carboxylic acids is 1. The standard InChI is InChI=1S/C13H26N2O/c1-10(8-12(2,3)4)7-11(16)15-13(9-14)5-6-13/h10H,5-9,14H2,1-4H3,(H,15,16). The van der Waals surface area contributed by atoms with Crippen LogP contribution in [0.2, 0.25) is 0 Å². The third kappa shape index (κ3) is 4.52. The summed E-state index contributed by atoms with van der Waals surface area (Å²) in [7, 11) is 0. The van der Waals surface area contributed by atoms with Gasteiger partial charge in [-0.3, -0.25) is 4.79 Å². The zero-order valence-corrected chi connectivity index (χ0v) is 11.1. The van der Waals surface area contributed by atoms with Crippen LogP contribution < -0.4 is 11.1 Å². The minimum absolute atomic E-state index is 0.0431. The first kappa shape index (κ1) is 13.5. The van der Waals surface area contributed by atoms with Gasteiger partial charge in [0.25, 0.3) is 0 Å². The minimum atomic E-state index is -0.0431. The molecule has 0 aromatic rings. The Balaban J connectivity index is 2.29. The van der Waals surface area contributed by atoms with E-state index in [4.69, 9.17) is 5.73 Å². The summed E-state index contributed by atoms with van der Waals surface area (Å²) in [5, 5.41) is 3.07. The maximum atomic E-state index is 11.8. The maximum absolute atomic E-state index is 11.8. The molecule has 1 aliphatic carbocycles. The molecule has 1 fully saturated rings. The minimum Gasteiger partial charge on any atom is -0.349 e. The summed E-state index contributed by atoms with van der Waals surface area (Å²) in [6.45, 7) is 9.36. The molecule has 0 aromatic carbocycles. The number of nitrogens with one attached hydrogen (secondary N) is 1. The van der Waals surface area contributed by atoms with Crippen molar-refractivity contribution in [3.05, 3.63) is 0 Å². The molecule has 1 aliphatic rings. The van der Waals surface area contributed by atoms with E-state index in [1.165, 1.54) is 0 Å². The van der Waals surface area contributed by atoms with Crippen LogP contribution in [0.5, 0.6) is 0 Å². The van der Waals surface area contributed by atoms with Crippen LogP contribution in [0.3, 0.4) is 0 Å². The summed E-state index contributed by atoms with van der Waals surface area (Å²) in [6, 6.07) is 0. The van der Waals surface area contributed by atoms with Gasteiger partial charge in [-0.1, -0.05) is 27.7 Å². The van der Waals surface area contributed by atoms with E-state index >= 15 is 0 Å². The van der Waals surface area contributed by atoms with Crippen LogP contribution in [-0.2, 0) is 4.79 Å². The van der Waals surface area contributed by atoms with Crippen LogP contribution in [0.15, 0.2) is 0 Å². The Morgan fingerprint density at radius 3 is 2.38 bits per heavy atom. The van der Waals surface area contributed by atoms with E-state index in [1.54, 1.807) is 0 Å². The van der Waals surface area contributed by atoms with Crippen molar-refractivity contribution in [2.45, 2.75) is 58.9 Å². The highest BCUT2D eigenvalue weighted by atomic mass is 16.1. The van der Waals surface area contributed by atoms with E-state index < -0.39 is 0 Å². The topological polar surface area (TPSA) is 55.1 Å². The zero-order valence-electron chi connectivity index (χ0n) is 11.1. The molecule has 1 amide bonds. The van der Waals surface area contributed by atoms with Crippen molar-refractivity contribution in [2.75, 3.05) is 6.54 Å². The number of rotatable bonds is 5. The van der Waals surface area contributed by atoms with Gasteiger partial charge in [0.2, 0.25) is 5.91 Å². The van der Waals surface area contributed by atoms with Crippen LogP contribution in [0, 0.1) is 11.3 Å². The molecule has 0 spiro atoms. The molecule has 94 valence electrons. The van der Waals surface area contributed by atoms with Crippen molar-refractivity contribution in [3.8, 4) is 0 Å². The molecule has 0 aliphatic heterocycles. The van der Waals surface area contributed by atoms with Crippen molar-refractivity contribution in [3.63, 3.8) is 0 Å². The molecule has 1 rings (SSSR count). The molecule has 1 atom stereocenters. The highest BCUT2D eigenvalue weighted by Gasteiger charge is 2.42. The molecule has 0 saturated heterocycles. The lowest BCUT2D eigenvalue weighted by Gasteiger charge is -2.23. The molecule has 0 aromatic heterocycles. The van der Waals surface area contributed by atoms with Crippen molar-refractivity contribution >= 4 is 5.91 Å². The van der Waals surface area contributed by atoms with Crippen molar-refractivity contribution < 1.29 is 4.79 Å². The number of nitrogens with two attached hydrogens (primary N) is 1. The Morgan fingerprint density at radius 1 is 1.44 bits per heavy atom. The molecule has 1 unspecified atom stereocenters. The lowest BCUT2D eigenvalue weighted by Crippen LogP contribution is -2.42. The Bertz CT molecular complexity index is 251. The third-order valence-electron chi connectivity index (χ3n) is 3.14. The van der Waals surface area contributed by atoms with Gasteiger partial charge >= 0.3 is 0 Å². The smallest absolute Gasteiger partial charge is 0.220 e. The van der Waals surface area contributed by atoms with Gasteiger partial charge in [-0.05, 0) is 30.6 Å². The second kappa shape index (κ2) is 4.74. The predicted octanol–water partition coefficient (Wildman–Crippen LogP) is 2.06. The maximum Gasteiger partial charge on any atom is 0.220 e. The van der Waals surface area contributed by atoms with Gasteiger partial charge in [0.05, 0.1) is 5.54 Å². The normalized spacial score (nSPS) is 20.3. The van der Waals surface area contributed by atoms with E-state index in [2.05, 4.69) is 33.0 Å². The van der Waals surface area contributed by atoms with Gasteiger partial charge in [-0.2, -0.15) is 0 Å². The van der Waals surface area contributed by atoms with Crippen LogP contribution in [0.4, 0.5) is 0 Å². The first-order chi connectivity index (χ1) is 7.26. The average Bonchev–Trinajstić information content (AvgIpc) is 2.81. The van der Waals surface area contributed by atoms with Crippen LogP contribution in [0.25, 0.3) is 0 Å². The van der Waals surface area contributed by atoms with Crippen molar-refractivity contribution in [1.82, 2.24) is 5.32 Å².